The molecule has 0 bridgehead atoms. The highest BCUT2D eigenvalue weighted by atomic mass is 32.1. The average Bonchev–Trinajstić information content (AvgIpc) is 2.43. The van der Waals surface area contributed by atoms with E-state index >= 15 is 0 Å². The molecule has 1 aromatic carbocycles. The van der Waals surface area contributed by atoms with E-state index in [0.29, 0.717) is 16.5 Å². The number of carbonyl (C=O) groups excluding carboxylic acids is 1. The monoisotopic (exact) mass is 206 g/mol. The summed E-state index contributed by atoms with van der Waals surface area (Å²) in [6, 6.07) is 5.68. The van der Waals surface area contributed by atoms with Gasteiger partial charge in [0, 0.05) is 5.56 Å². The average molecular weight is 206 g/mol. The fourth-order valence-corrected chi connectivity index (χ4v) is 1.89. The number of cyclic esters (lactones) is 1. The Balaban J connectivity index is 2.68. The number of esters is 1. The normalized spacial score (nSPS) is 14.5. The second-order valence-corrected chi connectivity index (χ2v) is 3.97. The highest BCUT2D eigenvalue weighted by molar-refractivity contribution is 7.80. The number of hydrogen-bond acceptors (Lipinski definition) is 3. The molecule has 1 aliphatic heterocycles. The van der Waals surface area contributed by atoms with Crippen LogP contribution < -0.4 is 0 Å². The first-order valence-corrected chi connectivity index (χ1v) is 4.91. The first-order chi connectivity index (χ1) is 6.61. The number of hydrogen-bond donors (Lipinski definition) is 0. The van der Waals surface area contributed by atoms with Gasteiger partial charge in [-0.25, -0.2) is 4.79 Å². The van der Waals surface area contributed by atoms with E-state index in [9.17, 15) is 4.79 Å². The van der Waals surface area contributed by atoms with Gasteiger partial charge < -0.3 is 4.74 Å². The van der Waals surface area contributed by atoms with Crippen LogP contribution in [0.5, 0.6) is 0 Å². The van der Waals surface area contributed by atoms with Crippen LogP contribution in [0.4, 0.5) is 0 Å². The maximum atomic E-state index is 11.5. The van der Waals surface area contributed by atoms with Gasteiger partial charge in [0.2, 0.25) is 5.05 Å². The lowest BCUT2D eigenvalue weighted by molar-refractivity contribution is 0.0740. The molecular weight excluding hydrogens is 196 g/mol. The van der Waals surface area contributed by atoms with E-state index < -0.39 is 0 Å². The van der Waals surface area contributed by atoms with E-state index in [-0.39, 0.29) is 5.97 Å². The summed E-state index contributed by atoms with van der Waals surface area (Å²) in [7, 11) is 0. The van der Waals surface area contributed by atoms with Gasteiger partial charge in [0.15, 0.2) is 0 Å². The molecule has 72 valence electrons. The molecule has 2 rings (SSSR count). The van der Waals surface area contributed by atoms with Crippen molar-refractivity contribution in [3.63, 3.8) is 0 Å². The van der Waals surface area contributed by atoms with Crippen LogP contribution in [0.15, 0.2) is 18.2 Å². The van der Waals surface area contributed by atoms with Crippen LogP contribution in [-0.2, 0) is 4.74 Å². The van der Waals surface area contributed by atoms with Crippen molar-refractivity contribution in [2.24, 2.45) is 0 Å². The van der Waals surface area contributed by atoms with Crippen LogP contribution in [0.25, 0.3) is 0 Å². The lowest BCUT2D eigenvalue weighted by atomic mass is 9.95. The molecule has 1 aliphatic rings. The molecule has 1 aromatic rings. The van der Waals surface area contributed by atoms with Crippen molar-refractivity contribution in [3.05, 3.63) is 34.9 Å². The van der Waals surface area contributed by atoms with Crippen LogP contribution in [0.1, 0.15) is 41.3 Å². The molecule has 0 aliphatic carbocycles. The molecule has 2 nitrogen and oxygen atoms in total. The molecule has 0 amide bonds. The third kappa shape index (κ3) is 1.24. The standard InChI is InChI=1S/C11H10O2S/c1-6(2)7-4-3-5-8-9(7)10(12)13-11(8)14/h3-6H,1-2H3. The van der Waals surface area contributed by atoms with Crippen LogP contribution in [-0.4, -0.2) is 11.0 Å². The zero-order chi connectivity index (χ0) is 10.3. The Bertz CT molecular complexity index is 421. The molecule has 0 saturated heterocycles. The van der Waals surface area contributed by atoms with Gasteiger partial charge in [0.25, 0.3) is 0 Å². The van der Waals surface area contributed by atoms with Gasteiger partial charge in [-0.1, -0.05) is 26.0 Å². The van der Waals surface area contributed by atoms with E-state index in [1.54, 1.807) is 0 Å². The minimum absolute atomic E-state index is 0.299. The van der Waals surface area contributed by atoms with Crippen molar-refractivity contribution in [1.29, 1.82) is 0 Å². The SMILES string of the molecule is CC(C)c1cccc2c1C(=O)OC2=S. The van der Waals surface area contributed by atoms with Crippen molar-refractivity contribution >= 4 is 23.2 Å². The van der Waals surface area contributed by atoms with Gasteiger partial charge in [-0.3, -0.25) is 0 Å². The van der Waals surface area contributed by atoms with Crippen molar-refractivity contribution in [2.75, 3.05) is 0 Å². The van der Waals surface area contributed by atoms with Gasteiger partial charge in [-0.2, -0.15) is 0 Å². The molecule has 0 saturated carbocycles. The van der Waals surface area contributed by atoms with Gasteiger partial charge in [0.1, 0.15) is 0 Å². The van der Waals surface area contributed by atoms with E-state index in [2.05, 4.69) is 0 Å². The third-order valence-corrected chi connectivity index (χ3v) is 2.63. The molecule has 0 N–H and O–H groups in total. The summed E-state index contributed by atoms with van der Waals surface area (Å²) < 4.78 is 4.92. The highest BCUT2D eigenvalue weighted by Gasteiger charge is 2.29. The highest BCUT2D eigenvalue weighted by Crippen LogP contribution is 2.28. The first kappa shape index (κ1) is 9.34. The maximum Gasteiger partial charge on any atom is 0.345 e. The summed E-state index contributed by atoms with van der Waals surface area (Å²) >= 11 is 4.95. The summed E-state index contributed by atoms with van der Waals surface area (Å²) in [6.45, 7) is 4.09. The van der Waals surface area contributed by atoms with E-state index in [4.69, 9.17) is 17.0 Å². The third-order valence-electron chi connectivity index (χ3n) is 2.33. The molecule has 0 spiro atoms. The lowest BCUT2D eigenvalue weighted by Crippen LogP contribution is -2.01. The van der Waals surface area contributed by atoms with Gasteiger partial charge >= 0.3 is 5.97 Å². The molecule has 0 unspecified atom stereocenters. The number of carbonyl (C=O) groups is 1. The molecule has 1 heterocycles. The lowest BCUT2D eigenvalue weighted by Gasteiger charge is -2.07. The summed E-state index contributed by atoms with van der Waals surface area (Å²) in [5, 5.41) is 0.299. The molecule has 0 fully saturated rings. The Morgan fingerprint density at radius 3 is 2.71 bits per heavy atom. The Morgan fingerprint density at radius 1 is 1.36 bits per heavy atom. The molecular formula is C11H10O2S. The smallest absolute Gasteiger partial charge is 0.345 e. The number of ether oxygens (including phenoxy) is 1. The van der Waals surface area contributed by atoms with Crippen molar-refractivity contribution < 1.29 is 9.53 Å². The minimum Gasteiger partial charge on any atom is -0.410 e. The number of rotatable bonds is 1. The fourth-order valence-electron chi connectivity index (χ4n) is 1.64. The summed E-state index contributed by atoms with van der Waals surface area (Å²) in [6.07, 6.45) is 0. The summed E-state index contributed by atoms with van der Waals surface area (Å²) in [5.74, 6) is -0.00676. The zero-order valence-corrected chi connectivity index (χ0v) is 8.85. The van der Waals surface area contributed by atoms with Crippen LogP contribution in [0.3, 0.4) is 0 Å². The van der Waals surface area contributed by atoms with E-state index in [0.717, 1.165) is 11.1 Å². The predicted molar refractivity (Wildman–Crippen MR) is 57.6 cm³/mol. The molecule has 3 heteroatoms. The Labute approximate surface area is 87.9 Å². The second kappa shape index (κ2) is 3.17. The van der Waals surface area contributed by atoms with Crippen molar-refractivity contribution in [1.82, 2.24) is 0 Å². The largest absolute Gasteiger partial charge is 0.410 e. The Morgan fingerprint density at radius 2 is 2.07 bits per heavy atom. The van der Waals surface area contributed by atoms with Crippen LogP contribution in [0, 0.1) is 0 Å². The van der Waals surface area contributed by atoms with Crippen LogP contribution in [0.2, 0.25) is 0 Å². The van der Waals surface area contributed by atoms with Gasteiger partial charge in [-0.15, -0.1) is 0 Å². The van der Waals surface area contributed by atoms with Gasteiger partial charge in [-0.05, 0) is 29.8 Å². The van der Waals surface area contributed by atoms with E-state index in [1.807, 2.05) is 32.0 Å². The predicted octanol–water partition coefficient (Wildman–Crippen LogP) is 2.66. The first-order valence-electron chi connectivity index (χ1n) is 4.50. The van der Waals surface area contributed by atoms with Crippen LogP contribution >= 0.6 is 12.2 Å². The molecule has 0 radical (unpaired) electrons. The van der Waals surface area contributed by atoms with E-state index in [1.165, 1.54) is 0 Å². The topological polar surface area (TPSA) is 26.3 Å². The van der Waals surface area contributed by atoms with Crippen molar-refractivity contribution in [3.8, 4) is 0 Å². The molecule has 0 aromatic heterocycles. The fraction of sp³-hybridized carbons (Fsp3) is 0.273. The minimum atomic E-state index is -0.311. The molecule has 14 heavy (non-hydrogen) atoms. The number of fused-ring (bicyclic) bond motifs is 1. The Hall–Kier alpha value is -1.22. The summed E-state index contributed by atoms with van der Waals surface area (Å²) in [4.78, 5) is 11.5. The Kier molecular flexibility index (Phi) is 2.11. The number of thiocarbonyl (C=S) groups is 1. The number of benzene rings is 1. The summed E-state index contributed by atoms with van der Waals surface area (Å²) in [5.41, 5.74) is 2.41. The molecule has 0 atom stereocenters. The van der Waals surface area contributed by atoms with Gasteiger partial charge in [0.05, 0.1) is 5.56 Å². The quantitative estimate of drug-likeness (QED) is 0.522. The second-order valence-electron chi connectivity index (χ2n) is 3.60. The maximum absolute atomic E-state index is 11.5. The zero-order valence-electron chi connectivity index (χ0n) is 8.03. The van der Waals surface area contributed by atoms with Crippen molar-refractivity contribution in [2.45, 2.75) is 19.8 Å².